The Bertz CT molecular complexity index is 121. The van der Waals surface area contributed by atoms with Crippen molar-refractivity contribution in [3.8, 4) is 0 Å². The monoisotopic (exact) mass is 184 g/mol. The van der Waals surface area contributed by atoms with Crippen molar-refractivity contribution in [1.82, 2.24) is 10.6 Å². The van der Waals surface area contributed by atoms with Gasteiger partial charge in [0.15, 0.2) is 0 Å². The van der Waals surface area contributed by atoms with Gasteiger partial charge in [-0.1, -0.05) is 19.8 Å². The molecule has 13 heavy (non-hydrogen) atoms. The highest BCUT2D eigenvalue weighted by molar-refractivity contribution is 4.80. The van der Waals surface area contributed by atoms with Gasteiger partial charge in [0.2, 0.25) is 0 Å². The zero-order valence-electron chi connectivity index (χ0n) is 9.10. The molecule has 0 aliphatic heterocycles. The summed E-state index contributed by atoms with van der Waals surface area (Å²) >= 11 is 0. The van der Waals surface area contributed by atoms with Gasteiger partial charge in [0, 0.05) is 25.2 Å². The quantitative estimate of drug-likeness (QED) is 0.563. The molecule has 0 radical (unpaired) electrons. The number of nitrogens with one attached hydrogen (secondary N) is 2. The highest BCUT2D eigenvalue weighted by atomic mass is 15.0. The molecule has 0 amide bonds. The maximum Gasteiger partial charge on any atom is 0.00794 e. The van der Waals surface area contributed by atoms with Gasteiger partial charge in [-0.25, -0.2) is 0 Å². The summed E-state index contributed by atoms with van der Waals surface area (Å²) in [6.07, 6.45) is 6.77. The summed E-state index contributed by atoms with van der Waals surface area (Å²) < 4.78 is 0. The third-order valence-electron chi connectivity index (χ3n) is 2.62. The van der Waals surface area contributed by atoms with E-state index >= 15 is 0 Å². The largest absolute Gasteiger partial charge is 0.313 e. The minimum atomic E-state index is 0.695. The Morgan fingerprint density at radius 3 is 2.69 bits per heavy atom. The summed E-state index contributed by atoms with van der Waals surface area (Å²) in [5.41, 5.74) is 0. The first-order valence-electron chi connectivity index (χ1n) is 5.79. The summed E-state index contributed by atoms with van der Waals surface area (Å²) in [6.45, 7) is 6.80. The molecule has 78 valence electrons. The van der Waals surface area contributed by atoms with Gasteiger partial charge in [0.25, 0.3) is 0 Å². The lowest BCUT2D eigenvalue weighted by Crippen LogP contribution is -2.34. The normalized spacial score (nSPS) is 18.9. The molecule has 2 heteroatoms. The lowest BCUT2D eigenvalue weighted by atomic mass is 10.1. The minimum absolute atomic E-state index is 0.695. The van der Waals surface area contributed by atoms with Crippen LogP contribution in [-0.4, -0.2) is 25.2 Å². The van der Waals surface area contributed by atoms with Crippen LogP contribution in [0.15, 0.2) is 0 Å². The Hall–Kier alpha value is -0.0800. The highest BCUT2D eigenvalue weighted by Crippen LogP contribution is 2.17. The van der Waals surface area contributed by atoms with Gasteiger partial charge in [0.05, 0.1) is 0 Å². The molecule has 1 unspecified atom stereocenters. The molecule has 0 aromatic heterocycles. The summed E-state index contributed by atoms with van der Waals surface area (Å²) in [5.74, 6) is 0. The number of hydrogen-bond donors (Lipinski definition) is 2. The lowest BCUT2D eigenvalue weighted by molar-refractivity contribution is 0.485. The van der Waals surface area contributed by atoms with Crippen molar-refractivity contribution < 1.29 is 0 Å². The number of rotatable bonds is 8. The van der Waals surface area contributed by atoms with E-state index in [1.807, 2.05) is 0 Å². The Morgan fingerprint density at radius 1 is 1.31 bits per heavy atom. The summed E-state index contributed by atoms with van der Waals surface area (Å²) in [4.78, 5) is 0. The summed E-state index contributed by atoms with van der Waals surface area (Å²) in [7, 11) is 0. The Balaban J connectivity index is 1.79. The van der Waals surface area contributed by atoms with Crippen LogP contribution < -0.4 is 10.6 Å². The molecule has 0 heterocycles. The third kappa shape index (κ3) is 6.05. The van der Waals surface area contributed by atoms with Crippen LogP contribution in [0.25, 0.3) is 0 Å². The fourth-order valence-corrected chi connectivity index (χ4v) is 1.49. The van der Waals surface area contributed by atoms with E-state index < -0.39 is 0 Å². The van der Waals surface area contributed by atoms with Gasteiger partial charge in [-0.15, -0.1) is 0 Å². The predicted octanol–water partition coefficient (Wildman–Crippen LogP) is 1.91. The van der Waals surface area contributed by atoms with Crippen molar-refractivity contribution in [1.29, 1.82) is 0 Å². The van der Waals surface area contributed by atoms with E-state index in [2.05, 4.69) is 24.5 Å². The first-order chi connectivity index (χ1) is 6.33. The van der Waals surface area contributed by atoms with Crippen LogP contribution in [0.4, 0.5) is 0 Å². The van der Waals surface area contributed by atoms with Crippen molar-refractivity contribution in [3.63, 3.8) is 0 Å². The van der Waals surface area contributed by atoms with Gasteiger partial charge < -0.3 is 10.6 Å². The smallest absolute Gasteiger partial charge is 0.00794 e. The first-order valence-corrected chi connectivity index (χ1v) is 5.79. The predicted molar refractivity (Wildman–Crippen MR) is 58.0 cm³/mol. The molecular weight excluding hydrogens is 160 g/mol. The molecule has 1 aliphatic carbocycles. The summed E-state index contributed by atoms with van der Waals surface area (Å²) in [6, 6.07) is 1.55. The fraction of sp³-hybridized carbons (Fsp3) is 1.00. The van der Waals surface area contributed by atoms with Crippen LogP contribution in [0.3, 0.4) is 0 Å². The molecule has 0 aromatic rings. The van der Waals surface area contributed by atoms with Crippen molar-refractivity contribution in [2.75, 3.05) is 13.1 Å². The van der Waals surface area contributed by atoms with Crippen LogP contribution in [0.2, 0.25) is 0 Å². The van der Waals surface area contributed by atoms with E-state index in [0.717, 1.165) is 19.1 Å². The van der Waals surface area contributed by atoms with Gasteiger partial charge in [0.1, 0.15) is 0 Å². The van der Waals surface area contributed by atoms with E-state index in [1.165, 1.54) is 32.1 Å². The molecule has 1 atom stereocenters. The van der Waals surface area contributed by atoms with Crippen molar-refractivity contribution in [2.24, 2.45) is 0 Å². The SMILES string of the molecule is CCCCC(C)NCCNC1CC1. The number of hydrogen-bond acceptors (Lipinski definition) is 2. The number of unbranched alkanes of at least 4 members (excludes halogenated alkanes) is 1. The van der Waals surface area contributed by atoms with Crippen LogP contribution in [0.1, 0.15) is 46.0 Å². The van der Waals surface area contributed by atoms with E-state index in [-0.39, 0.29) is 0 Å². The zero-order chi connectivity index (χ0) is 9.52. The molecule has 1 rings (SSSR count). The average Bonchev–Trinajstić information content (AvgIpc) is 2.92. The molecule has 2 nitrogen and oxygen atoms in total. The van der Waals surface area contributed by atoms with E-state index in [1.54, 1.807) is 0 Å². The molecule has 0 spiro atoms. The van der Waals surface area contributed by atoms with E-state index in [9.17, 15) is 0 Å². The van der Waals surface area contributed by atoms with Crippen molar-refractivity contribution in [3.05, 3.63) is 0 Å². The van der Waals surface area contributed by atoms with Crippen LogP contribution in [0, 0.1) is 0 Å². The average molecular weight is 184 g/mol. The van der Waals surface area contributed by atoms with Gasteiger partial charge >= 0.3 is 0 Å². The van der Waals surface area contributed by atoms with Crippen molar-refractivity contribution in [2.45, 2.75) is 58.0 Å². The van der Waals surface area contributed by atoms with Crippen LogP contribution in [-0.2, 0) is 0 Å². The minimum Gasteiger partial charge on any atom is -0.313 e. The Kier molecular flexibility index (Phi) is 5.40. The standard InChI is InChI=1S/C11H24N2/c1-3-4-5-10(2)12-8-9-13-11-6-7-11/h10-13H,3-9H2,1-2H3. The van der Waals surface area contributed by atoms with Gasteiger partial charge in [-0.05, 0) is 26.2 Å². The maximum absolute atomic E-state index is 3.54. The molecule has 0 bridgehead atoms. The lowest BCUT2D eigenvalue weighted by Gasteiger charge is -2.13. The fourth-order valence-electron chi connectivity index (χ4n) is 1.49. The maximum atomic E-state index is 3.54. The van der Waals surface area contributed by atoms with Crippen LogP contribution in [0.5, 0.6) is 0 Å². The topological polar surface area (TPSA) is 24.1 Å². The second-order valence-corrected chi connectivity index (χ2v) is 4.23. The van der Waals surface area contributed by atoms with Gasteiger partial charge in [-0.2, -0.15) is 0 Å². The third-order valence-corrected chi connectivity index (χ3v) is 2.62. The molecule has 1 saturated carbocycles. The summed E-state index contributed by atoms with van der Waals surface area (Å²) in [5, 5.41) is 7.04. The molecule has 1 aliphatic rings. The Morgan fingerprint density at radius 2 is 2.08 bits per heavy atom. The second-order valence-electron chi connectivity index (χ2n) is 4.23. The molecule has 0 aromatic carbocycles. The Labute approximate surface area is 82.5 Å². The molecule has 1 fully saturated rings. The second kappa shape index (κ2) is 6.39. The van der Waals surface area contributed by atoms with Gasteiger partial charge in [-0.3, -0.25) is 0 Å². The van der Waals surface area contributed by atoms with E-state index in [4.69, 9.17) is 0 Å². The molecular formula is C11H24N2. The molecule has 2 N–H and O–H groups in total. The van der Waals surface area contributed by atoms with Crippen molar-refractivity contribution >= 4 is 0 Å². The first kappa shape index (κ1) is 11.0. The molecule has 0 saturated heterocycles. The van der Waals surface area contributed by atoms with E-state index in [0.29, 0.717) is 6.04 Å². The highest BCUT2D eigenvalue weighted by Gasteiger charge is 2.19. The van der Waals surface area contributed by atoms with Crippen LogP contribution >= 0.6 is 0 Å². The zero-order valence-corrected chi connectivity index (χ0v) is 9.10.